The summed E-state index contributed by atoms with van der Waals surface area (Å²) in [6.07, 6.45) is 0. The fourth-order valence-corrected chi connectivity index (χ4v) is 3.99. The molecule has 0 amide bonds. The van der Waals surface area contributed by atoms with Crippen LogP contribution in [0.4, 0.5) is 5.69 Å². The normalized spacial score (nSPS) is 14.7. The van der Waals surface area contributed by atoms with Gasteiger partial charge in [0.2, 0.25) is 0 Å². The number of nitrogens with one attached hydrogen (secondary N) is 2. The van der Waals surface area contributed by atoms with Crippen molar-refractivity contribution in [3.8, 4) is 5.75 Å². The van der Waals surface area contributed by atoms with Crippen LogP contribution in [-0.4, -0.2) is 51.7 Å². The largest absolute Gasteiger partial charge is 0.497 e. The van der Waals surface area contributed by atoms with Crippen molar-refractivity contribution in [2.45, 2.75) is 4.90 Å². The van der Waals surface area contributed by atoms with Gasteiger partial charge in [0.25, 0.3) is 10.0 Å². The van der Waals surface area contributed by atoms with Crippen molar-refractivity contribution in [3.63, 3.8) is 0 Å². The molecule has 0 aromatic heterocycles. The van der Waals surface area contributed by atoms with E-state index in [9.17, 15) is 8.42 Å². The summed E-state index contributed by atoms with van der Waals surface area (Å²) in [4.78, 5) is 6.71. The molecule has 9 heteroatoms. The Bertz CT molecular complexity index is 882. The number of rotatable bonds is 5. The van der Waals surface area contributed by atoms with Crippen LogP contribution in [-0.2, 0) is 10.0 Å². The van der Waals surface area contributed by atoms with Gasteiger partial charge in [-0.2, -0.15) is 0 Å². The van der Waals surface area contributed by atoms with Crippen molar-refractivity contribution in [2.24, 2.45) is 0 Å². The van der Waals surface area contributed by atoms with Gasteiger partial charge in [-0.05, 0) is 36.5 Å². The smallest absolute Gasteiger partial charge is 0.257 e. The first-order valence-electron chi connectivity index (χ1n) is 8.50. The zero-order chi connectivity index (χ0) is 19.3. The molecular formula is C18H22N4O3S2. The number of thiocarbonyl (C=S) groups is 1. The average molecular weight is 407 g/mol. The Hall–Kier alpha value is -2.36. The minimum atomic E-state index is -3.66. The third-order valence-corrected chi connectivity index (χ3v) is 5.96. The summed E-state index contributed by atoms with van der Waals surface area (Å²) >= 11 is 5.34. The van der Waals surface area contributed by atoms with Gasteiger partial charge in [0, 0.05) is 37.9 Å². The fourth-order valence-electron chi connectivity index (χ4n) is 2.82. The molecular weight excluding hydrogens is 384 g/mol. The van der Waals surface area contributed by atoms with Gasteiger partial charge >= 0.3 is 0 Å². The van der Waals surface area contributed by atoms with Crippen LogP contribution in [0.3, 0.4) is 0 Å². The summed E-state index contributed by atoms with van der Waals surface area (Å²) in [7, 11) is -2.00. The predicted molar refractivity (Wildman–Crippen MR) is 109 cm³/mol. The molecule has 1 aliphatic rings. The molecule has 1 aliphatic heterocycles. The Kier molecular flexibility index (Phi) is 6.15. The van der Waals surface area contributed by atoms with Crippen molar-refractivity contribution in [3.05, 3.63) is 54.6 Å². The Morgan fingerprint density at radius 3 is 2.41 bits per heavy atom. The molecule has 1 fully saturated rings. The number of hydrazine groups is 1. The summed E-state index contributed by atoms with van der Waals surface area (Å²) in [5.74, 6) is 0.822. The standard InChI is InChI=1S/C18H22N4O3S2/c1-25-16-7-5-6-15(14-16)21-10-12-22(13-11-21)18(26)19-20-27(23,24)17-8-3-2-4-9-17/h2-9,14,20H,10-13H2,1H3,(H,19,26). The first-order chi connectivity index (χ1) is 13.0. The van der Waals surface area contributed by atoms with Crippen LogP contribution in [0.15, 0.2) is 59.5 Å². The third kappa shape index (κ3) is 4.88. The van der Waals surface area contributed by atoms with Crippen LogP contribution in [0, 0.1) is 0 Å². The number of sulfonamides is 1. The van der Waals surface area contributed by atoms with Gasteiger partial charge in [-0.1, -0.05) is 24.3 Å². The second-order valence-corrected chi connectivity index (χ2v) is 8.09. The second kappa shape index (κ2) is 8.55. The van der Waals surface area contributed by atoms with Crippen molar-refractivity contribution >= 4 is 33.0 Å². The Morgan fingerprint density at radius 2 is 1.74 bits per heavy atom. The quantitative estimate of drug-likeness (QED) is 0.577. The Morgan fingerprint density at radius 1 is 1.04 bits per heavy atom. The van der Waals surface area contributed by atoms with Gasteiger partial charge in [-0.25, -0.2) is 8.42 Å². The molecule has 0 aliphatic carbocycles. The van der Waals surface area contributed by atoms with Crippen LogP contribution in [0.1, 0.15) is 0 Å². The van der Waals surface area contributed by atoms with Crippen LogP contribution < -0.4 is 19.9 Å². The average Bonchev–Trinajstić information content (AvgIpc) is 2.73. The lowest BCUT2D eigenvalue weighted by Gasteiger charge is -2.37. The molecule has 0 bridgehead atoms. The van der Waals surface area contributed by atoms with Crippen molar-refractivity contribution in [1.82, 2.24) is 15.2 Å². The molecule has 144 valence electrons. The molecule has 3 rings (SSSR count). The van der Waals surface area contributed by atoms with Crippen molar-refractivity contribution < 1.29 is 13.2 Å². The molecule has 0 unspecified atom stereocenters. The summed E-state index contributed by atoms with van der Waals surface area (Å²) in [5.41, 5.74) is 3.74. The number of piperazine rings is 1. The second-order valence-electron chi connectivity index (χ2n) is 6.02. The number of hydrogen-bond acceptors (Lipinski definition) is 5. The molecule has 0 spiro atoms. The maximum atomic E-state index is 12.2. The highest BCUT2D eigenvalue weighted by molar-refractivity contribution is 7.89. The molecule has 2 aromatic carbocycles. The van der Waals surface area contributed by atoms with Gasteiger partial charge < -0.3 is 14.5 Å². The molecule has 1 saturated heterocycles. The van der Waals surface area contributed by atoms with Crippen LogP contribution in [0.5, 0.6) is 5.75 Å². The van der Waals surface area contributed by atoms with E-state index >= 15 is 0 Å². The predicted octanol–water partition coefficient (Wildman–Crippen LogP) is 1.59. The highest BCUT2D eigenvalue weighted by Crippen LogP contribution is 2.22. The van der Waals surface area contributed by atoms with E-state index in [1.165, 1.54) is 12.1 Å². The monoisotopic (exact) mass is 406 g/mol. The highest BCUT2D eigenvalue weighted by atomic mass is 32.2. The first kappa shape index (κ1) is 19.4. The van der Waals surface area contributed by atoms with Gasteiger partial charge in [-0.3, -0.25) is 5.43 Å². The van der Waals surface area contributed by atoms with E-state index in [1.807, 2.05) is 29.2 Å². The van der Waals surface area contributed by atoms with E-state index in [2.05, 4.69) is 15.2 Å². The van der Waals surface area contributed by atoms with E-state index in [-0.39, 0.29) is 4.90 Å². The number of benzene rings is 2. The number of ether oxygens (including phenoxy) is 1. The molecule has 1 heterocycles. The molecule has 0 atom stereocenters. The maximum absolute atomic E-state index is 12.2. The summed E-state index contributed by atoms with van der Waals surface area (Å²) in [6, 6.07) is 16.1. The number of methoxy groups -OCH3 is 1. The van der Waals surface area contributed by atoms with E-state index in [0.29, 0.717) is 18.2 Å². The Balaban J connectivity index is 1.53. The lowest BCUT2D eigenvalue weighted by Crippen LogP contribution is -2.55. The SMILES string of the molecule is COc1cccc(N2CCN(C(=S)NNS(=O)(=O)c3ccccc3)CC2)c1. The zero-order valence-corrected chi connectivity index (χ0v) is 16.6. The van der Waals surface area contributed by atoms with Crippen LogP contribution in [0.2, 0.25) is 0 Å². The van der Waals surface area contributed by atoms with Crippen LogP contribution in [0.25, 0.3) is 0 Å². The van der Waals surface area contributed by atoms with Gasteiger partial charge in [0.1, 0.15) is 5.75 Å². The van der Waals surface area contributed by atoms with E-state index in [0.717, 1.165) is 24.5 Å². The maximum Gasteiger partial charge on any atom is 0.257 e. The molecule has 0 radical (unpaired) electrons. The minimum Gasteiger partial charge on any atom is -0.497 e. The minimum absolute atomic E-state index is 0.183. The molecule has 2 aromatic rings. The summed E-state index contributed by atoms with van der Waals surface area (Å²) in [5, 5.41) is 0.361. The summed E-state index contributed by atoms with van der Waals surface area (Å²) < 4.78 is 29.8. The number of nitrogens with zero attached hydrogens (tertiary/aromatic N) is 2. The lowest BCUT2D eigenvalue weighted by molar-refractivity contribution is 0.377. The molecule has 0 saturated carbocycles. The van der Waals surface area contributed by atoms with Crippen LogP contribution >= 0.6 is 12.2 Å². The Labute approximate surface area is 164 Å². The van der Waals surface area contributed by atoms with E-state index < -0.39 is 10.0 Å². The number of anilines is 1. The van der Waals surface area contributed by atoms with Crippen molar-refractivity contribution in [1.29, 1.82) is 0 Å². The lowest BCUT2D eigenvalue weighted by atomic mass is 10.2. The summed E-state index contributed by atoms with van der Waals surface area (Å²) in [6.45, 7) is 2.94. The number of hydrogen-bond donors (Lipinski definition) is 2. The highest BCUT2D eigenvalue weighted by Gasteiger charge is 2.21. The van der Waals surface area contributed by atoms with E-state index in [4.69, 9.17) is 17.0 Å². The molecule has 27 heavy (non-hydrogen) atoms. The van der Waals surface area contributed by atoms with Crippen molar-refractivity contribution in [2.75, 3.05) is 38.2 Å². The third-order valence-electron chi connectivity index (χ3n) is 4.33. The molecule has 2 N–H and O–H groups in total. The van der Waals surface area contributed by atoms with E-state index in [1.54, 1.807) is 25.3 Å². The van der Waals surface area contributed by atoms with Gasteiger partial charge in [-0.15, -0.1) is 4.83 Å². The molecule has 7 nitrogen and oxygen atoms in total. The van der Waals surface area contributed by atoms with Gasteiger partial charge in [0.05, 0.1) is 12.0 Å². The van der Waals surface area contributed by atoms with Gasteiger partial charge in [0.15, 0.2) is 5.11 Å². The topological polar surface area (TPSA) is 73.9 Å². The zero-order valence-electron chi connectivity index (χ0n) is 15.0. The first-order valence-corrected chi connectivity index (χ1v) is 10.4. The fraction of sp³-hybridized carbons (Fsp3) is 0.278.